The van der Waals surface area contributed by atoms with Crippen LogP contribution in [-0.4, -0.2) is 95.5 Å². The van der Waals surface area contributed by atoms with Crippen LogP contribution in [0.4, 0.5) is 22.4 Å². The Bertz CT molecular complexity index is 2210. The van der Waals surface area contributed by atoms with E-state index in [1.54, 1.807) is 31.2 Å². The van der Waals surface area contributed by atoms with Gasteiger partial charge in [-0.15, -0.1) is 0 Å². The number of benzene rings is 1. The van der Waals surface area contributed by atoms with Gasteiger partial charge in [0, 0.05) is 29.7 Å². The number of pyridine rings is 1. The van der Waals surface area contributed by atoms with Crippen molar-refractivity contribution < 1.29 is 59.4 Å². The highest BCUT2D eigenvalue weighted by atomic mass is 32.2. The summed E-state index contributed by atoms with van der Waals surface area (Å²) >= 11 is 0. The fraction of sp³-hybridized carbons (Fsp3) is 0.625. The van der Waals surface area contributed by atoms with Crippen LogP contribution in [0.2, 0.25) is 0 Å². The first-order valence-corrected chi connectivity index (χ1v) is 21.3. The predicted octanol–water partition coefficient (Wildman–Crippen LogP) is 5.51. The molecule has 6 unspecified atom stereocenters. The molecule has 3 fully saturated rings. The number of alkyl halides is 4. The summed E-state index contributed by atoms with van der Waals surface area (Å²) in [6.45, 7) is 4.09. The summed E-state index contributed by atoms with van der Waals surface area (Å²) in [6.07, 6.45) is -2.48. The number of carbonyl (C=O) groups excluding carboxylic acids is 4. The molecule has 5 aliphatic rings. The number of nitrogens with one attached hydrogen (secondary N) is 3. The number of allylic oxidation sites excluding steroid dienone is 1. The number of aryl methyl sites for hydroxylation is 1. The van der Waals surface area contributed by atoms with Crippen LogP contribution < -0.4 is 24.8 Å². The van der Waals surface area contributed by atoms with Crippen LogP contribution in [0.25, 0.3) is 10.9 Å². The van der Waals surface area contributed by atoms with E-state index in [0.717, 1.165) is 4.90 Å². The first-order valence-electron chi connectivity index (χ1n) is 19.8. The SMILES string of the molecule is COc1ccc2nc(C)c3c(c2c1)C(F)CC1(CC2C(=O)NC4(C(=O)NS(=O)(=O)C5(C)CC5)CC4C=CCCCCCC(NC(=O)OC(C)(C)C(F)(F)F)C(=O)N2C1)O3. The molecule has 2 aromatic rings. The molecule has 2 aliphatic carbocycles. The highest BCUT2D eigenvalue weighted by Gasteiger charge is 2.64. The van der Waals surface area contributed by atoms with Gasteiger partial charge in [-0.1, -0.05) is 25.0 Å². The Hall–Kier alpha value is -4.68. The molecule has 2 saturated carbocycles. The van der Waals surface area contributed by atoms with Gasteiger partial charge in [0.25, 0.3) is 5.91 Å². The lowest BCUT2D eigenvalue weighted by atomic mass is 9.86. The summed E-state index contributed by atoms with van der Waals surface area (Å²) in [5.74, 6) is -2.70. The topological polar surface area (TPSA) is 182 Å². The first-order chi connectivity index (χ1) is 27.5. The van der Waals surface area contributed by atoms with Gasteiger partial charge >= 0.3 is 12.3 Å². The zero-order chi connectivity index (χ0) is 42.9. The molecular formula is C40H49F4N5O9S. The molecular weight excluding hydrogens is 803 g/mol. The average Bonchev–Trinajstić information content (AvgIpc) is 4.04. The van der Waals surface area contributed by atoms with Crippen molar-refractivity contribution in [2.45, 2.75) is 138 Å². The van der Waals surface area contributed by atoms with Gasteiger partial charge in [-0.05, 0) is 84.4 Å². The van der Waals surface area contributed by atoms with Crippen molar-refractivity contribution in [1.82, 2.24) is 25.2 Å². The number of alkyl carbamates (subject to hydrolysis) is 1. The minimum Gasteiger partial charge on any atom is -0.497 e. The van der Waals surface area contributed by atoms with Crippen molar-refractivity contribution in [3.8, 4) is 11.5 Å². The maximum Gasteiger partial charge on any atom is 0.427 e. The number of fused-ring (bicyclic) bond motifs is 5. The molecule has 1 aromatic carbocycles. The normalized spacial score (nSPS) is 29.5. The van der Waals surface area contributed by atoms with Crippen molar-refractivity contribution >= 4 is 44.7 Å². The van der Waals surface area contributed by atoms with Crippen LogP contribution in [0.5, 0.6) is 11.5 Å². The second-order valence-electron chi connectivity index (χ2n) is 17.3. The molecule has 7 rings (SSSR count). The standard InChI is InChI=1S/C40H49F4N5O9S/c1-22-31-30(25-17-24(56-5)13-14-27(25)45-22)26(41)19-38(57-31)20-29-32(50)47-39(34(52)48-59(54,55)37(4)15-16-37)18-23(39)11-9-7-6-8-10-12-28(33(51)49(29)21-38)46-35(53)58-36(2,3)40(42,43)44/h9,11,13-14,17,23,26,28-29H,6-8,10,12,15-16,18-21H2,1-5H3,(H,46,53)(H,47,50)(H,48,52). The number of ether oxygens (including phenoxy) is 3. The van der Waals surface area contributed by atoms with Gasteiger partial charge in [-0.3, -0.25) is 19.1 Å². The fourth-order valence-corrected chi connectivity index (χ4v) is 9.61. The maximum absolute atomic E-state index is 16.8. The molecule has 1 saturated heterocycles. The van der Waals surface area contributed by atoms with Gasteiger partial charge in [-0.2, -0.15) is 13.2 Å². The number of methoxy groups -OCH3 is 1. The Morgan fingerprint density at radius 2 is 1.81 bits per heavy atom. The number of hydrogen-bond acceptors (Lipinski definition) is 10. The lowest BCUT2D eigenvalue weighted by Crippen LogP contribution is -2.59. The van der Waals surface area contributed by atoms with Crippen molar-refractivity contribution in [3.05, 3.63) is 41.6 Å². The molecule has 6 atom stereocenters. The number of halogens is 4. The van der Waals surface area contributed by atoms with Crippen LogP contribution in [0.1, 0.15) is 102 Å². The summed E-state index contributed by atoms with van der Waals surface area (Å²) in [5, 5.41) is 5.49. The summed E-state index contributed by atoms with van der Waals surface area (Å²) < 4.78 is 102. The number of sulfonamides is 1. The summed E-state index contributed by atoms with van der Waals surface area (Å²) in [5.41, 5.74) is -5.14. The molecule has 0 bridgehead atoms. The molecule has 0 radical (unpaired) electrons. The molecule has 322 valence electrons. The van der Waals surface area contributed by atoms with E-state index < -0.39 is 92.2 Å². The number of nitrogens with zero attached hydrogens (tertiary/aromatic N) is 2. The zero-order valence-corrected chi connectivity index (χ0v) is 34.3. The molecule has 14 nitrogen and oxygen atoms in total. The third-order valence-electron chi connectivity index (χ3n) is 12.5. The van der Waals surface area contributed by atoms with Gasteiger partial charge in [0.2, 0.25) is 27.4 Å². The van der Waals surface area contributed by atoms with Crippen LogP contribution in [-0.2, 0) is 29.1 Å². The molecule has 4 heterocycles. The van der Waals surface area contributed by atoms with E-state index in [4.69, 9.17) is 14.2 Å². The summed E-state index contributed by atoms with van der Waals surface area (Å²) in [6, 6.07) is 2.06. The van der Waals surface area contributed by atoms with Gasteiger partial charge in [0.15, 0.2) is 0 Å². The number of aromatic nitrogens is 1. The molecule has 59 heavy (non-hydrogen) atoms. The maximum atomic E-state index is 16.8. The second-order valence-corrected chi connectivity index (χ2v) is 19.5. The zero-order valence-electron chi connectivity index (χ0n) is 33.5. The molecule has 3 N–H and O–H groups in total. The van der Waals surface area contributed by atoms with E-state index in [9.17, 15) is 40.8 Å². The highest BCUT2D eigenvalue weighted by Crippen LogP contribution is 2.52. The number of hydrogen-bond donors (Lipinski definition) is 3. The van der Waals surface area contributed by atoms with Gasteiger partial charge in [0.1, 0.15) is 40.9 Å². The van der Waals surface area contributed by atoms with Crippen LogP contribution >= 0.6 is 0 Å². The Balaban J connectivity index is 1.25. The van der Waals surface area contributed by atoms with Crippen molar-refractivity contribution in [2.75, 3.05) is 13.7 Å². The molecule has 4 amide bonds. The Morgan fingerprint density at radius 3 is 2.49 bits per heavy atom. The first kappa shape index (κ1) is 42.4. The van der Waals surface area contributed by atoms with E-state index in [2.05, 4.69) is 20.3 Å². The smallest absolute Gasteiger partial charge is 0.427 e. The van der Waals surface area contributed by atoms with Crippen LogP contribution in [0, 0.1) is 12.8 Å². The second kappa shape index (κ2) is 14.8. The summed E-state index contributed by atoms with van der Waals surface area (Å²) in [7, 11) is -2.65. The van der Waals surface area contributed by atoms with E-state index >= 15 is 4.39 Å². The largest absolute Gasteiger partial charge is 0.497 e. The van der Waals surface area contributed by atoms with E-state index in [0.29, 0.717) is 74.7 Å². The van der Waals surface area contributed by atoms with Gasteiger partial charge in [0.05, 0.1) is 29.6 Å². The number of rotatable bonds is 6. The van der Waals surface area contributed by atoms with E-state index in [1.807, 2.05) is 6.08 Å². The monoisotopic (exact) mass is 851 g/mol. The molecule has 1 spiro atoms. The third kappa shape index (κ3) is 7.90. The molecule has 19 heteroatoms. The summed E-state index contributed by atoms with van der Waals surface area (Å²) in [4.78, 5) is 62.0. The molecule has 3 aliphatic heterocycles. The molecule has 1 aromatic heterocycles. The van der Waals surface area contributed by atoms with Gasteiger partial charge in [-0.25, -0.2) is 22.6 Å². The van der Waals surface area contributed by atoms with E-state index in [-0.39, 0.29) is 37.0 Å². The van der Waals surface area contributed by atoms with E-state index in [1.165, 1.54) is 14.0 Å². The van der Waals surface area contributed by atoms with Crippen LogP contribution in [0.15, 0.2) is 30.4 Å². The average molecular weight is 852 g/mol. The minimum absolute atomic E-state index is 0.0419. The lowest BCUT2D eigenvalue weighted by Gasteiger charge is -2.38. The highest BCUT2D eigenvalue weighted by molar-refractivity contribution is 7.91. The fourth-order valence-electron chi connectivity index (χ4n) is 8.30. The number of carbonyl (C=O) groups is 4. The quantitative estimate of drug-likeness (QED) is 0.248. The number of amides is 4. The van der Waals surface area contributed by atoms with Crippen LogP contribution in [0.3, 0.4) is 0 Å². The Morgan fingerprint density at radius 1 is 1.08 bits per heavy atom. The van der Waals surface area contributed by atoms with Crippen molar-refractivity contribution in [3.63, 3.8) is 0 Å². The minimum atomic E-state index is -4.94. The van der Waals surface area contributed by atoms with Gasteiger partial charge < -0.3 is 29.7 Å². The third-order valence-corrected chi connectivity index (χ3v) is 14.6. The lowest BCUT2D eigenvalue weighted by molar-refractivity contribution is -0.244. The predicted molar refractivity (Wildman–Crippen MR) is 204 cm³/mol. The van der Waals surface area contributed by atoms with Crippen molar-refractivity contribution in [1.29, 1.82) is 0 Å². The Labute approximate surface area is 339 Å². The Kier molecular flexibility index (Phi) is 10.6. The van der Waals surface area contributed by atoms with Crippen molar-refractivity contribution in [2.24, 2.45) is 5.92 Å².